The predicted octanol–water partition coefficient (Wildman–Crippen LogP) is 0.230. The average molecular weight is 258 g/mol. The maximum Gasteiger partial charge on any atom is 0.230 e. The molecule has 1 rings (SSSR count). The van der Waals surface area contributed by atoms with Crippen molar-refractivity contribution in [1.29, 1.82) is 0 Å². The molecule has 1 heterocycles. The second-order valence-corrected chi connectivity index (χ2v) is 4.76. The molecule has 0 aromatic carbocycles. The standard InChI is InChI=1S/C13H26N2O3/c1-4-10(5-2)15(6-7-16)13(17)11-8-18-9-12(11)14-3/h10-12,14,16H,4-9H2,1-3H3. The maximum atomic E-state index is 12.6. The molecule has 5 heteroatoms. The zero-order chi connectivity index (χ0) is 13.5. The summed E-state index contributed by atoms with van der Waals surface area (Å²) in [6.45, 7) is 5.65. The minimum atomic E-state index is -0.123. The summed E-state index contributed by atoms with van der Waals surface area (Å²) in [7, 11) is 1.85. The quantitative estimate of drug-likeness (QED) is 0.686. The second kappa shape index (κ2) is 7.71. The Morgan fingerprint density at radius 1 is 1.44 bits per heavy atom. The smallest absolute Gasteiger partial charge is 0.230 e. The van der Waals surface area contributed by atoms with E-state index in [0.29, 0.717) is 19.8 Å². The largest absolute Gasteiger partial charge is 0.395 e. The molecule has 0 aromatic rings. The lowest BCUT2D eigenvalue weighted by Gasteiger charge is -2.33. The van der Waals surface area contributed by atoms with Crippen LogP contribution in [-0.4, -0.2) is 61.4 Å². The van der Waals surface area contributed by atoms with Crippen LogP contribution in [0.3, 0.4) is 0 Å². The van der Waals surface area contributed by atoms with Crippen molar-refractivity contribution in [3.63, 3.8) is 0 Å². The molecule has 0 radical (unpaired) electrons. The van der Waals surface area contributed by atoms with E-state index in [2.05, 4.69) is 19.2 Å². The summed E-state index contributed by atoms with van der Waals surface area (Å²) in [5, 5.41) is 12.3. The van der Waals surface area contributed by atoms with E-state index in [1.54, 1.807) is 0 Å². The minimum absolute atomic E-state index is 0.0139. The summed E-state index contributed by atoms with van der Waals surface area (Å²) in [5.41, 5.74) is 0. The van der Waals surface area contributed by atoms with E-state index in [4.69, 9.17) is 9.84 Å². The number of ether oxygens (including phenoxy) is 1. The van der Waals surface area contributed by atoms with Gasteiger partial charge in [0.1, 0.15) is 0 Å². The first-order valence-corrected chi connectivity index (χ1v) is 6.85. The zero-order valence-corrected chi connectivity index (χ0v) is 11.7. The Morgan fingerprint density at radius 3 is 2.61 bits per heavy atom. The summed E-state index contributed by atoms with van der Waals surface area (Å²) >= 11 is 0. The van der Waals surface area contributed by atoms with Crippen LogP contribution in [0, 0.1) is 5.92 Å². The zero-order valence-electron chi connectivity index (χ0n) is 11.7. The SMILES string of the molecule is CCC(CC)N(CCO)C(=O)C1COCC1NC. The molecule has 0 saturated carbocycles. The van der Waals surface area contributed by atoms with E-state index in [-0.39, 0.29) is 30.5 Å². The molecule has 2 N–H and O–H groups in total. The summed E-state index contributed by atoms with van der Waals surface area (Å²) in [6, 6.07) is 0.302. The molecule has 2 atom stereocenters. The van der Waals surface area contributed by atoms with Gasteiger partial charge in [0.05, 0.1) is 25.7 Å². The molecule has 106 valence electrons. The third-order valence-corrected chi connectivity index (χ3v) is 3.78. The molecule has 5 nitrogen and oxygen atoms in total. The van der Waals surface area contributed by atoms with Crippen LogP contribution in [-0.2, 0) is 9.53 Å². The van der Waals surface area contributed by atoms with Gasteiger partial charge in [-0.25, -0.2) is 0 Å². The van der Waals surface area contributed by atoms with E-state index in [0.717, 1.165) is 12.8 Å². The van der Waals surface area contributed by atoms with E-state index >= 15 is 0 Å². The van der Waals surface area contributed by atoms with Crippen molar-refractivity contribution >= 4 is 5.91 Å². The number of nitrogens with one attached hydrogen (secondary N) is 1. The van der Waals surface area contributed by atoms with Crippen molar-refractivity contribution < 1.29 is 14.6 Å². The number of carbonyl (C=O) groups is 1. The number of aliphatic hydroxyl groups excluding tert-OH is 1. The van der Waals surface area contributed by atoms with Crippen LogP contribution in [0.2, 0.25) is 0 Å². The van der Waals surface area contributed by atoms with Crippen LogP contribution in [0.4, 0.5) is 0 Å². The van der Waals surface area contributed by atoms with Crippen molar-refractivity contribution in [3.8, 4) is 0 Å². The summed E-state index contributed by atoms with van der Waals surface area (Å²) in [5.74, 6) is -0.0169. The number of hydrogen-bond donors (Lipinski definition) is 2. The van der Waals surface area contributed by atoms with Gasteiger partial charge in [0.2, 0.25) is 5.91 Å². The monoisotopic (exact) mass is 258 g/mol. The molecule has 0 aliphatic carbocycles. The number of likely N-dealkylation sites (N-methyl/N-ethyl adjacent to an activating group) is 1. The Balaban J connectivity index is 2.74. The predicted molar refractivity (Wildman–Crippen MR) is 70.3 cm³/mol. The van der Waals surface area contributed by atoms with Crippen molar-refractivity contribution in [2.24, 2.45) is 5.92 Å². The van der Waals surface area contributed by atoms with Crippen LogP contribution in [0.25, 0.3) is 0 Å². The van der Waals surface area contributed by atoms with E-state index in [9.17, 15) is 4.79 Å². The number of rotatable bonds is 7. The van der Waals surface area contributed by atoms with Gasteiger partial charge in [-0.3, -0.25) is 4.79 Å². The Hall–Kier alpha value is -0.650. The Bertz CT molecular complexity index is 257. The number of aliphatic hydroxyl groups is 1. The fraction of sp³-hybridized carbons (Fsp3) is 0.923. The first-order chi connectivity index (χ1) is 8.69. The van der Waals surface area contributed by atoms with Gasteiger partial charge < -0.3 is 20.1 Å². The summed E-state index contributed by atoms with van der Waals surface area (Å²) in [4.78, 5) is 14.4. The normalized spacial score (nSPS) is 23.6. The topological polar surface area (TPSA) is 61.8 Å². The van der Waals surface area contributed by atoms with Crippen molar-refractivity contribution in [2.75, 3.05) is 33.4 Å². The molecule has 1 saturated heterocycles. The minimum Gasteiger partial charge on any atom is -0.395 e. The fourth-order valence-corrected chi connectivity index (χ4v) is 2.61. The van der Waals surface area contributed by atoms with Crippen LogP contribution in [0.1, 0.15) is 26.7 Å². The molecule has 18 heavy (non-hydrogen) atoms. The van der Waals surface area contributed by atoms with Crippen molar-refractivity contribution in [1.82, 2.24) is 10.2 Å². The van der Waals surface area contributed by atoms with Gasteiger partial charge in [-0.2, -0.15) is 0 Å². The third-order valence-electron chi connectivity index (χ3n) is 3.78. The molecule has 0 aromatic heterocycles. The van der Waals surface area contributed by atoms with Gasteiger partial charge in [0.15, 0.2) is 0 Å². The van der Waals surface area contributed by atoms with Gasteiger partial charge in [-0.15, -0.1) is 0 Å². The Kier molecular flexibility index (Phi) is 6.60. The second-order valence-electron chi connectivity index (χ2n) is 4.76. The summed E-state index contributed by atoms with van der Waals surface area (Å²) < 4.78 is 5.38. The van der Waals surface area contributed by atoms with Crippen molar-refractivity contribution in [2.45, 2.75) is 38.8 Å². The number of carbonyl (C=O) groups excluding carboxylic acids is 1. The van der Waals surface area contributed by atoms with Crippen LogP contribution in [0.5, 0.6) is 0 Å². The summed E-state index contributed by atoms with van der Waals surface area (Å²) in [6.07, 6.45) is 1.83. The Morgan fingerprint density at radius 2 is 2.11 bits per heavy atom. The lowest BCUT2D eigenvalue weighted by molar-refractivity contribution is -0.139. The van der Waals surface area contributed by atoms with Crippen molar-refractivity contribution in [3.05, 3.63) is 0 Å². The van der Waals surface area contributed by atoms with Crippen LogP contribution >= 0.6 is 0 Å². The molecule has 1 amide bonds. The van der Waals surface area contributed by atoms with Crippen LogP contribution in [0.15, 0.2) is 0 Å². The van der Waals surface area contributed by atoms with Crippen LogP contribution < -0.4 is 5.32 Å². The fourth-order valence-electron chi connectivity index (χ4n) is 2.61. The lowest BCUT2D eigenvalue weighted by Crippen LogP contribution is -2.49. The molecule has 0 bridgehead atoms. The third kappa shape index (κ3) is 3.43. The molecule has 1 aliphatic rings. The van der Waals surface area contributed by atoms with Gasteiger partial charge >= 0.3 is 0 Å². The first-order valence-electron chi connectivity index (χ1n) is 6.85. The highest BCUT2D eigenvalue weighted by Gasteiger charge is 2.37. The first kappa shape index (κ1) is 15.4. The molecule has 0 spiro atoms. The highest BCUT2D eigenvalue weighted by Crippen LogP contribution is 2.19. The Labute approximate surface area is 109 Å². The molecule has 2 unspecified atom stereocenters. The van der Waals surface area contributed by atoms with Gasteiger partial charge in [-0.05, 0) is 19.9 Å². The van der Waals surface area contributed by atoms with Gasteiger partial charge in [0, 0.05) is 18.6 Å². The van der Waals surface area contributed by atoms with E-state index in [1.807, 2.05) is 11.9 Å². The number of amides is 1. The molecular weight excluding hydrogens is 232 g/mol. The van der Waals surface area contributed by atoms with Gasteiger partial charge in [-0.1, -0.05) is 13.8 Å². The highest BCUT2D eigenvalue weighted by atomic mass is 16.5. The van der Waals surface area contributed by atoms with E-state index < -0.39 is 0 Å². The number of nitrogens with zero attached hydrogens (tertiary/aromatic N) is 1. The average Bonchev–Trinajstić information content (AvgIpc) is 2.86. The van der Waals surface area contributed by atoms with E-state index in [1.165, 1.54) is 0 Å². The van der Waals surface area contributed by atoms with Gasteiger partial charge in [0.25, 0.3) is 0 Å². The number of hydrogen-bond acceptors (Lipinski definition) is 4. The lowest BCUT2D eigenvalue weighted by atomic mass is 10.00. The molecular formula is C13H26N2O3. The highest BCUT2D eigenvalue weighted by molar-refractivity contribution is 5.80. The molecule has 1 aliphatic heterocycles. The molecule has 1 fully saturated rings. The maximum absolute atomic E-state index is 12.6.